The van der Waals surface area contributed by atoms with E-state index in [0.29, 0.717) is 19.6 Å². The minimum absolute atomic E-state index is 0.103. The molecule has 2 aromatic carbocycles. The van der Waals surface area contributed by atoms with Crippen molar-refractivity contribution in [2.45, 2.75) is 77.4 Å². The van der Waals surface area contributed by atoms with Crippen LogP contribution in [-0.2, 0) is 4.74 Å². The predicted octanol–water partition coefficient (Wildman–Crippen LogP) is 6.43. The second-order valence-electron chi connectivity index (χ2n) is 7.99. The molecule has 0 bridgehead atoms. The summed E-state index contributed by atoms with van der Waals surface area (Å²) in [6.07, 6.45) is 8.43. The van der Waals surface area contributed by atoms with Gasteiger partial charge in [0.05, 0.1) is 24.5 Å². The number of ether oxygens (including phenoxy) is 1. The number of aliphatic hydroxyl groups excluding tert-OH is 1. The molecule has 2 atom stereocenters. The molecule has 0 amide bonds. The number of nitrogens with zero attached hydrogens (tertiary/aromatic N) is 1. The van der Waals surface area contributed by atoms with Crippen molar-refractivity contribution < 1.29 is 9.84 Å². The predicted molar refractivity (Wildman–Crippen MR) is 127 cm³/mol. The van der Waals surface area contributed by atoms with Crippen LogP contribution in [0.25, 0.3) is 0 Å². The Morgan fingerprint density at radius 2 is 1.43 bits per heavy atom. The molecule has 0 fully saturated rings. The van der Waals surface area contributed by atoms with Crippen molar-refractivity contribution in [2.24, 2.45) is 4.99 Å². The van der Waals surface area contributed by atoms with E-state index < -0.39 is 0 Å². The summed E-state index contributed by atoms with van der Waals surface area (Å²) in [4.78, 5) is 5.06. The first-order valence-corrected chi connectivity index (χ1v) is 11.7. The molecular weight excluding hydrogens is 370 g/mol. The van der Waals surface area contributed by atoms with Gasteiger partial charge < -0.3 is 9.84 Å². The van der Waals surface area contributed by atoms with Crippen LogP contribution in [0.5, 0.6) is 0 Å². The highest BCUT2D eigenvalue weighted by atomic mass is 16.5. The molecule has 2 aromatic rings. The van der Waals surface area contributed by atoms with Crippen molar-refractivity contribution in [3.63, 3.8) is 0 Å². The Hall–Kier alpha value is -1.97. The molecule has 0 aromatic heterocycles. The number of hydrogen-bond acceptors (Lipinski definition) is 3. The maximum atomic E-state index is 10.2. The molecule has 0 saturated carbocycles. The lowest BCUT2D eigenvalue weighted by Crippen LogP contribution is -2.18. The van der Waals surface area contributed by atoms with Gasteiger partial charge in [-0.05, 0) is 19.3 Å². The molecule has 0 heterocycles. The number of unbranched alkanes of at least 4 members (excludes halogenated alkanes) is 4. The standard InChI is InChI=1S/C27H39NO2/c1-3-5-6-7-14-19-26(29)20-21-30-22-25(4-2)28-27(23-15-10-8-11-16-23)24-17-12-9-13-18-24/h8-13,15-18,25-26,29H,3-7,14,19-22H2,1-2H3/t25-,26+/m0/s1. The molecule has 0 aliphatic heterocycles. The Morgan fingerprint density at radius 3 is 2.00 bits per heavy atom. The highest BCUT2D eigenvalue weighted by molar-refractivity contribution is 6.12. The number of benzene rings is 2. The molecule has 164 valence electrons. The van der Waals surface area contributed by atoms with Crippen LogP contribution in [0.4, 0.5) is 0 Å². The molecule has 0 aliphatic rings. The Kier molecular flexibility index (Phi) is 12.1. The molecular formula is C27H39NO2. The summed E-state index contributed by atoms with van der Waals surface area (Å²) in [5.41, 5.74) is 3.26. The van der Waals surface area contributed by atoms with Gasteiger partial charge in [-0.2, -0.15) is 0 Å². The van der Waals surface area contributed by atoms with Crippen molar-refractivity contribution in [3.8, 4) is 0 Å². The van der Waals surface area contributed by atoms with Gasteiger partial charge in [-0.15, -0.1) is 0 Å². The average Bonchev–Trinajstić information content (AvgIpc) is 2.79. The second-order valence-corrected chi connectivity index (χ2v) is 7.99. The lowest BCUT2D eigenvalue weighted by Gasteiger charge is -2.16. The van der Waals surface area contributed by atoms with E-state index in [4.69, 9.17) is 9.73 Å². The number of aliphatic imine (C=N–C) groups is 1. The zero-order chi connectivity index (χ0) is 21.4. The zero-order valence-electron chi connectivity index (χ0n) is 18.8. The third-order valence-corrected chi connectivity index (χ3v) is 5.42. The monoisotopic (exact) mass is 409 g/mol. The molecule has 3 heteroatoms. The van der Waals surface area contributed by atoms with E-state index in [1.165, 1.54) is 25.7 Å². The molecule has 0 unspecified atom stereocenters. The largest absolute Gasteiger partial charge is 0.393 e. The minimum Gasteiger partial charge on any atom is -0.393 e. The summed E-state index contributed by atoms with van der Waals surface area (Å²) in [6, 6.07) is 20.8. The van der Waals surface area contributed by atoms with Crippen LogP contribution in [-0.4, -0.2) is 36.2 Å². The van der Waals surface area contributed by atoms with Crippen LogP contribution < -0.4 is 0 Å². The molecule has 3 nitrogen and oxygen atoms in total. The van der Waals surface area contributed by atoms with Gasteiger partial charge in [0, 0.05) is 17.7 Å². The fraction of sp³-hybridized carbons (Fsp3) is 0.519. The SMILES string of the molecule is CCCCCCC[C@@H](O)CCOC[C@H](CC)N=C(c1ccccc1)c1ccccc1. The van der Waals surface area contributed by atoms with Crippen LogP contribution in [0.2, 0.25) is 0 Å². The van der Waals surface area contributed by atoms with E-state index in [1.807, 2.05) is 12.1 Å². The van der Waals surface area contributed by atoms with Crippen LogP contribution in [0, 0.1) is 0 Å². The van der Waals surface area contributed by atoms with E-state index in [2.05, 4.69) is 62.4 Å². The molecule has 0 saturated heterocycles. The van der Waals surface area contributed by atoms with Gasteiger partial charge in [0.15, 0.2) is 0 Å². The summed E-state index contributed by atoms with van der Waals surface area (Å²) in [6.45, 7) is 5.55. The Morgan fingerprint density at radius 1 is 0.833 bits per heavy atom. The topological polar surface area (TPSA) is 41.8 Å². The van der Waals surface area contributed by atoms with Gasteiger partial charge in [-0.25, -0.2) is 0 Å². The first kappa shape index (κ1) is 24.3. The van der Waals surface area contributed by atoms with Gasteiger partial charge in [0.2, 0.25) is 0 Å². The summed E-state index contributed by atoms with van der Waals surface area (Å²) in [5, 5.41) is 10.2. The fourth-order valence-corrected chi connectivity index (χ4v) is 3.50. The summed E-state index contributed by atoms with van der Waals surface area (Å²) in [5.74, 6) is 0. The van der Waals surface area contributed by atoms with E-state index >= 15 is 0 Å². The smallest absolute Gasteiger partial charge is 0.0738 e. The van der Waals surface area contributed by atoms with E-state index in [-0.39, 0.29) is 12.1 Å². The van der Waals surface area contributed by atoms with Crippen LogP contribution >= 0.6 is 0 Å². The van der Waals surface area contributed by atoms with Crippen LogP contribution in [0.1, 0.15) is 76.3 Å². The normalized spacial score (nSPS) is 13.0. The third kappa shape index (κ3) is 9.23. The quantitative estimate of drug-likeness (QED) is 0.272. The third-order valence-electron chi connectivity index (χ3n) is 5.42. The van der Waals surface area contributed by atoms with Gasteiger partial charge in [0.25, 0.3) is 0 Å². The first-order chi connectivity index (χ1) is 14.7. The lowest BCUT2D eigenvalue weighted by molar-refractivity contribution is 0.0704. The highest BCUT2D eigenvalue weighted by Crippen LogP contribution is 2.14. The van der Waals surface area contributed by atoms with Crippen LogP contribution in [0.3, 0.4) is 0 Å². The molecule has 30 heavy (non-hydrogen) atoms. The molecule has 1 N–H and O–H groups in total. The zero-order valence-corrected chi connectivity index (χ0v) is 18.8. The van der Waals surface area contributed by atoms with E-state index in [1.54, 1.807) is 0 Å². The van der Waals surface area contributed by atoms with E-state index in [9.17, 15) is 5.11 Å². The number of rotatable bonds is 15. The van der Waals surface area contributed by atoms with Gasteiger partial charge in [-0.3, -0.25) is 4.99 Å². The molecule has 0 spiro atoms. The summed E-state index contributed by atoms with van der Waals surface area (Å²) >= 11 is 0. The van der Waals surface area contributed by atoms with Crippen molar-refractivity contribution in [1.82, 2.24) is 0 Å². The lowest BCUT2D eigenvalue weighted by atomic mass is 10.0. The van der Waals surface area contributed by atoms with Crippen molar-refractivity contribution in [2.75, 3.05) is 13.2 Å². The Balaban J connectivity index is 1.85. The average molecular weight is 410 g/mol. The molecule has 0 radical (unpaired) electrons. The number of aliphatic hydroxyl groups is 1. The van der Waals surface area contributed by atoms with Gasteiger partial charge in [-0.1, -0.05) is 107 Å². The highest BCUT2D eigenvalue weighted by Gasteiger charge is 2.12. The summed E-state index contributed by atoms with van der Waals surface area (Å²) in [7, 11) is 0. The van der Waals surface area contributed by atoms with Crippen molar-refractivity contribution >= 4 is 5.71 Å². The van der Waals surface area contributed by atoms with E-state index in [0.717, 1.165) is 36.1 Å². The summed E-state index contributed by atoms with van der Waals surface area (Å²) < 4.78 is 5.91. The second kappa shape index (κ2) is 14.9. The van der Waals surface area contributed by atoms with Crippen LogP contribution in [0.15, 0.2) is 65.7 Å². The number of hydrogen-bond donors (Lipinski definition) is 1. The van der Waals surface area contributed by atoms with Gasteiger partial charge >= 0.3 is 0 Å². The Bertz CT molecular complexity index is 658. The fourth-order valence-electron chi connectivity index (χ4n) is 3.50. The Labute approximate surface area is 183 Å². The van der Waals surface area contributed by atoms with Crippen molar-refractivity contribution in [1.29, 1.82) is 0 Å². The maximum Gasteiger partial charge on any atom is 0.0738 e. The van der Waals surface area contributed by atoms with Gasteiger partial charge in [0.1, 0.15) is 0 Å². The van der Waals surface area contributed by atoms with Crippen molar-refractivity contribution in [3.05, 3.63) is 71.8 Å². The first-order valence-electron chi connectivity index (χ1n) is 11.7. The molecule has 0 aliphatic carbocycles. The molecule has 2 rings (SSSR count). The minimum atomic E-state index is -0.251. The maximum absolute atomic E-state index is 10.2.